The lowest BCUT2D eigenvalue weighted by atomic mass is 9.99. The van der Waals surface area contributed by atoms with E-state index in [1.807, 2.05) is 6.92 Å². The van der Waals surface area contributed by atoms with Crippen LogP contribution in [-0.4, -0.2) is 51.2 Å². The lowest BCUT2D eigenvalue weighted by molar-refractivity contribution is -0.136. The number of carbonyl (C=O) groups excluding carboxylic acids is 1. The molecule has 112 valence electrons. The molecule has 0 aromatic heterocycles. The number of piperidine rings is 1. The summed E-state index contributed by atoms with van der Waals surface area (Å²) in [5, 5.41) is 0. The molecule has 0 aromatic rings. The molecule has 1 amide bonds. The van der Waals surface area contributed by atoms with E-state index in [4.69, 9.17) is 5.73 Å². The van der Waals surface area contributed by atoms with Gasteiger partial charge in [0.1, 0.15) is 0 Å². The first kappa shape index (κ1) is 16.4. The molecule has 1 rings (SSSR count). The molecule has 6 nitrogen and oxygen atoms in total. The van der Waals surface area contributed by atoms with Gasteiger partial charge in [0.05, 0.1) is 12.2 Å². The van der Waals surface area contributed by atoms with Crippen LogP contribution in [0.2, 0.25) is 0 Å². The summed E-state index contributed by atoms with van der Waals surface area (Å²) in [4.78, 5) is 14.0. The summed E-state index contributed by atoms with van der Waals surface area (Å²) in [7, 11) is -3.22. The molecule has 0 bridgehead atoms. The van der Waals surface area contributed by atoms with Gasteiger partial charge in [0.25, 0.3) is 0 Å². The van der Waals surface area contributed by atoms with Gasteiger partial charge in [-0.05, 0) is 19.3 Å². The highest BCUT2D eigenvalue weighted by molar-refractivity contribution is 7.88. The van der Waals surface area contributed by atoms with Gasteiger partial charge in [-0.3, -0.25) is 4.79 Å². The summed E-state index contributed by atoms with van der Waals surface area (Å²) in [6, 6.07) is -0.173. The average molecular weight is 291 g/mol. The molecule has 0 aromatic carbocycles. The summed E-state index contributed by atoms with van der Waals surface area (Å²) in [6.45, 7) is 3.53. The number of carbonyl (C=O) groups is 1. The molecule has 0 saturated carbocycles. The molecule has 2 atom stereocenters. The van der Waals surface area contributed by atoms with Gasteiger partial charge in [-0.1, -0.05) is 13.3 Å². The standard InChI is InChI=1S/C12H25N3O3S/c1-3-5-10(8-13)12(16)15-7-4-6-11(9-15)14-19(2,17)18/h10-11,14H,3-9,13H2,1-2H3. The third-order valence-corrected chi connectivity index (χ3v) is 4.15. The second kappa shape index (κ2) is 7.21. The Morgan fingerprint density at radius 3 is 2.74 bits per heavy atom. The Balaban J connectivity index is 2.60. The van der Waals surface area contributed by atoms with Crippen molar-refractivity contribution < 1.29 is 13.2 Å². The van der Waals surface area contributed by atoms with E-state index in [1.54, 1.807) is 4.90 Å². The summed E-state index contributed by atoms with van der Waals surface area (Å²) in [5.74, 6) is -0.0775. The monoisotopic (exact) mass is 291 g/mol. The normalized spacial score (nSPS) is 22.3. The van der Waals surface area contributed by atoms with E-state index in [2.05, 4.69) is 4.72 Å². The van der Waals surface area contributed by atoms with Gasteiger partial charge < -0.3 is 10.6 Å². The number of hydrogen-bond acceptors (Lipinski definition) is 4. The number of nitrogens with one attached hydrogen (secondary N) is 1. The predicted octanol–water partition coefficient (Wildman–Crippen LogP) is -0.0984. The molecule has 1 aliphatic rings. The van der Waals surface area contributed by atoms with Gasteiger partial charge in [-0.2, -0.15) is 0 Å². The van der Waals surface area contributed by atoms with Crippen LogP contribution in [0.5, 0.6) is 0 Å². The quantitative estimate of drug-likeness (QED) is 0.715. The maximum absolute atomic E-state index is 12.3. The Hall–Kier alpha value is -0.660. The van der Waals surface area contributed by atoms with E-state index in [0.717, 1.165) is 31.9 Å². The maximum Gasteiger partial charge on any atom is 0.227 e. The summed E-state index contributed by atoms with van der Waals surface area (Å²) in [6.07, 6.45) is 4.45. The largest absolute Gasteiger partial charge is 0.341 e. The van der Waals surface area contributed by atoms with Gasteiger partial charge in [0.2, 0.25) is 15.9 Å². The molecular formula is C12H25N3O3S. The summed E-state index contributed by atoms with van der Waals surface area (Å²) in [5.41, 5.74) is 5.64. The van der Waals surface area contributed by atoms with Crippen molar-refractivity contribution in [1.82, 2.24) is 9.62 Å². The highest BCUT2D eigenvalue weighted by Gasteiger charge is 2.28. The van der Waals surface area contributed by atoms with Gasteiger partial charge in [-0.25, -0.2) is 13.1 Å². The fourth-order valence-electron chi connectivity index (χ4n) is 2.53. The molecule has 7 heteroatoms. The van der Waals surface area contributed by atoms with E-state index in [-0.39, 0.29) is 17.9 Å². The lowest BCUT2D eigenvalue weighted by Crippen LogP contribution is -2.51. The molecule has 1 saturated heterocycles. The highest BCUT2D eigenvalue weighted by atomic mass is 32.2. The second-order valence-corrected chi connectivity index (χ2v) is 7.01. The molecule has 0 spiro atoms. The van der Waals surface area contributed by atoms with E-state index in [0.29, 0.717) is 19.6 Å². The molecule has 19 heavy (non-hydrogen) atoms. The third-order valence-electron chi connectivity index (χ3n) is 3.38. The zero-order chi connectivity index (χ0) is 14.5. The number of likely N-dealkylation sites (tertiary alicyclic amines) is 1. The number of nitrogens with zero attached hydrogens (tertiary/aromatic N) is 1. The Labute approximate surface area is 115 Å². The minimum atomic E-state index is -3.22. The number of amides is 1. The Bertz CT molecular complexity index is 397. The fraction of sp³-hybridized carbons (Fsp3) is 0.917. The first-order valence-electron chi connectivity index (χ1n) is 6.83. The van der Waals surface area contributed by atoms with Crippen LogP contribution in [0.1, 0.15) is 32.6 Å². The van der Waals surface area contributed by atoms with E-state index < -0.39 is 10.0 Å². The van der Waals surface area contributed by atoms with Crippen molar-refractivity contribution in [3.05, 3.63) is 0 Å². The number of rotatable bonds is 6. The van der Waals surface area contributed by atoms with Crippen molar-refractivity contribution in [2.24, 2.45) is 11.7 Å². The molecule has 1 heterocycles. The van der Waals surface area contributed by atoms with Gasteiger partial charge >= 0.3 is 0 Å². The molecule has 1 aliphatic heterocycles. The van der Waals surface area contributed by atoms with Crippen molar-refractivity contribution >= 4 is 15.9 Å². The Morgan fingerprint density at radius 1 is 1.53 bits per heavy atom. The van der Waals surface area contributed by atoms with Gasteiger partial charge in [-0.15, -0.1) is 0 Å². The van der Waals surface area contributed by atoms with Gasteiger partial charge in [0.15, 0.2) is 0 Å². The molecular weight excluding hydrogens is 266 g/mol. The zero-order valence-corrected chi connectivity index (χ0v) is 12.6. The predicted molar refractivity (Wildman–Crippen MR) is 75.0 cm³/mol. The smallest absolute Gasteiger partial charge is 0.227 e. The molecule has 3 N–H and O–H groups in total. The lowest BCUT2D eigenvalue weighted by Gasteiger charge is -2.34. The highest BCUT2D eigenvalue weighted by Crippen LogP contribution is 2.16. The van der Waals surface area contributed by atoms with Gasteiger partial charge in [0, 0.05) is 25.7 Å². The third kappa shape index (κ3) is 5.46. The van der Waals surface area contributed by atoms with Crippen molar-refractivity contribution in [1.29, 1.82) is 0 Å². The van der Waals surface area contributed by atoms with Crippen LogP contribution in [0.25, 0.3) is 0 Å². The molecule has 0 aliphatic carbocycles. The maximum atomic E-state index is 12.3. The number of sulfonamides is 1. The first-order valence-corrected chi connectivity index (χ1v) is 8.72. The van der Waals surface area contributed by atoms with Crippen LogP contribution in [0.15, 0.2) is 0 Å². The second-order valence-electron chi connectivity index (χ2n) is 5.23. The van der Waals surface area contributed by atoms with E-state index in [1.165, 1.54) is 0 Å². The Kier molecular flexibility index (Phi) is 6.22. The van der Waals surface area contributed by atoms with Crippen LogP contribution in [0, 0.1) is 5.92 Å². The van der Waals surface area contributed by atoms with Crippen molar-refractivity contribution in [2.75, 3.05) is 25.9 Å². The molecule has 1 fully saturated rings. The Morgan fingerprint density at radius 2 is 2.21 bits per heavy atom. The zero-order valence-electron chi connectivity index (χ0n) is 11.8. The molecule has 2 unspecified atom stereocenters. The summed E-state index contributed by atoms with van der Waals surface area (Å²) < 4.78 is 25.0. The van der Waals surface area contributed by atoms with Crippen molar-refractivity contribution in [2.45, 2.75) is 38.6 Å². The average Bonchev–Trinajstić information content (AvgIpc) is 2.33. The topological polar surface area (TPSA) is 92.5 Å². The number of hydrogen-bond donors (Lipinski definition) is 2. The van der Waals surface area contributed by atoms with E-state index in [9.17, 15) is 13.2 Å². The van der Waals surface area contributed by atoms with Crippen LogP contribution in [0.4, 0.5) is 0 Å². The van der Waals surface area contributed by atoms with Crippen molar-refractivity contribution in [3.63, 3.8) is 0 Å². The van der Waals surface area contributed by atoms with Crippen LogP contribution < -0.4 is 10.5 Å². The SMILES string of the molecule is CCCC(CN)C(=O)N1CCCC(NS(C)(=O)=O)C1. The van der Waals surface area contributed by atoms with E-state index >= 15 is 0 Å². The first-order chi connectivity index (χ1) is 8.87. The van der Waals surface area contributed by atoms with Crippen LogP contribution >= 0.6 is 0 Å². The minimum absolute atomic E-state index is 0.0596. The van der Waals surface area contributed by atoms with Crippen molar-refractivity contribution in [3.8, 4) is 0 Å². The number of nitrogens with two attached hydrogens (primary N) is 1. The minimum Gasteiger partial charge on any atom is -0.341 e. The molecule has 0 radical (unpaired) electrons. The van der Waals surface area contributed by atoms with Crippen LogP contribution in [0.3, 0.4) is 0 Å². The van der Waals surface area contributed by atoms with Crippen LogP contribution in [-0.2, 0) is 14.8 Å². The summed E-state index contributed by atoms with van der Waals surface area (Å²) >= 11 is 0. The fourth-order valence-corrected chi connectivity index (χ4v) is 3.32.